The van der Waals surface area contributed by atoms with Crippen molar-refractivity contribution in [1.82, 2.24) is 19.7 Å². The van der Waals surface area contributed by atoms with E-state index in [-0.39, 0.29) is 11.9 Å². The maximum atomic E-state index is 12.6. The lowest BCUT2D eigenvalue weighted by Gasteiger charge is -2.32. The second kappa shape index (κ2) is 7.21. The maximum absolute atomic E-state index is 12.6. The van der Waals surface area contributed by atoms with Gasteiger partial charge in [-0.25, -0.2) is 4.79 Å². The molecule has 2 amide bonds. The van der Waals surface area contributed by atoms with Crippen LogP contribution in [0.4, 0.5) is 10.5 Å². The van der Waals surface area contributed by atoms with Gasteiger partial charge in [0.2, 0.25) is 0 Å². The molecule has 1 atom stereocenters. The molecular weight excluding hydrogens is 326 g/mol. The molecule has 2 aromatic rings. The van der Waals surface area contributed by atoms with Gasteiger partial charge in [-0.05, 0) is 44.4 Å². The Labute approximate surface area is 146 Å². The normalized spacial score (nSPS) is 17.8. The average molecular weight is 348 g/mol. The van der Waals surface area contributed by atoms with Gasteiger partial charge in [0.1, 0.15) is 12.2 Å². The van der Waals surface area contributed by atoms with E-state index < -0.39 is 0 Å². The molecular formula is C17H22ClN5O. The zero-order valence-corrected chi connectivity index (χ0v) is 14.8. The van der Waals surface area contributed by atoms with E-state index in [0.717, 1.165) is 43.0 Å². The molecule has 24 heavy (non-hydrogen) atoms. The molecule has 1 aromatic heterocycles. The van der Waals surface area contributed by atoms with Gasteiger partial charge in [-0.15, -0.1) is 10.2 Å². The van der Waals surface area contributed by atoms with Crippen LogP contribution in [0.25, 0.3) is 0 Å². The molecule has 0 unspecified atom stereocenters. The van der Waals surface area contributed by atoms with Crippen LogP contribution in [0.3, 0.4) is 0 Å². The van der Waals surface area contributed by atoms with Crippen molar-refractivity contribution in [3.05, 3.63) is 40.9 Å². The summed E-state index contributed by atoms with van der Waals surface area (Å²) in [6.07, 6.45) is 3.74. The van der Waals surface area contributed by atoms with Gasteiger partial charge in [-0.1, -0.05) is 17.7 Å². The van der Waals surface area contributed by atoms with Crippen molar-refractivity contribution in [2.75, 3.05) is 18.4 Å². The standard InChI is InChI=1S/C17H22ClN5O/c1-3-22-11-19-21-16(22)13-6-5-9-23(10-13)17(24)20-15-8-4-7-14(18)12(15)2/h4,7-8,11,13H,3,5-6,9-10H2,1-2H3,(H,20,24)/t13-/m0/s1. The number of hydrogen-bond acceptors (Lipinski definition) is 3. The molecule has 128 valence electrons. The van der Waals surface area contributed by atoms with Crippen LogP contribution < -0.4 is 5.32 Å². The predicted octanol–water partition coefficient (Wildman–Crippen LogP) is 3.67. The molecule has 2 heterocycles. The van der Waals surface area contributed by atoms with Crippen molar-refractivity contribution in [3.8, 4) is 0 Å². The quantitative estimate of drug-likeness (QED) is 0.921. The van der Waals surface area contributed by atoms with Gasteiger partial charge in [0.05, 0.1) is 0 Å². The number of carbonyl (C=O) groups excluding carboxylic acids is 1. The third-order valence-corrected chi connectivity index (χ3v) is 4.98. The number of amides is 2. The predicted molar refractivity (Wildman–Crippen MR) is 94.5 cm³/mol. The number of halogens is 1. The fraction of sp³-hybridized carbons (Fsp3) is 0.471. The molecule has 0 spiro atoms. The summed E-state index contributed by atoms with van der Waals surface area (Å²) in [5, 5.41) is 11.9. The molecule has 1 N–H and O–H groups in total. The summed E-state index contributed by atoms with van der Waals surface area (Å²) in [5.41, 5.74) is 1.64. The second-order valence-corrected chi connectivity index (χ2v) is 6.51. The molecule has 3 rings (SSSR count). The minimum absolute atomic E-state index is 0.0902. The van der Waals surface area contributed by atoms with E-state index in [1.165, 1.54) is 0 Å². The third-order valence-electron chi connectivity index (χ3n) is 4.57. The Morgan fingerprint density at radius 3 is 3.08 bits per heavy atom. The number of likely N-dealkylation sites (tertiary alicyclic amines) is 1. The number of piperidine rings is 1. The highest BCUT2D eigenvalue weighted by Crippen LogP contribution is 2.27. The molecule has 1 aromatic carbocycles. The minimum Gasteiger partial charge on any atom is -0.324 e. The Kier molecular flexibility index (Phi) is 5.04. The van der Waals surface area contributed by atoms with Crippen molar-refractivity contribution < 1.29 is 4.79 Å². The van der Waals surface area contributed by atoms with E-state index in [4.69, 9.17) is 11.6 Å². The van der Waals surface area contributed by atoms with Crippen LogP contribution in [0.15, 0.2) is 24.5 Å². The molecule has 0 aliphatic carbocycles. The monoisotopic (exact) mass is 347 g/mol. The molecule has 1 fully saturated rings. The van der Waals surface area contributed by atoms with Crippen molar-refractivity contribution in [3.63, 3.8) is 0 Å². The summed E-state index contributed by atoms with van der Waals surface area (Å²) in [4.78, 5) is 14.5. The van der Waals surface area contributed by atoms with Crippen LogP contribution in [-0.2, 0) is 6.54 Å². The molecule has 7 heteroatoms. The topological polar surface area (TPSA) is 63.1 Å². The van der Waals surface area contributed by atoms with E-state index in [1.807, 2.05) is 34.6 Å². The zero-order chi connectivity index (χ0) is 17.1. The summed E-state index contributed by atoms with van der Waals surface area (Å²) >= 11 is 6.12. The Balaban J connectivity index is 1.70. The van der Waals surface area contributed by atoms with Gasteiger partial charge < -0.3 is 14.8 Å². The maximum Gasteiger partial charge on any atom is 0.321 e. The van der Waals surface area contributed by atoms with Crippen molar-refractivity contribution in [2.45, 2.75) is 39.2 Å². The summed E-state index contributed by atoms with van der Waals surface area (Å²) < 4.78 is 2.05. The highest BCUT2D eigenvalue weighted by Gasteiger charge is 2.28. The number of hydrogen-bond donors (Lipinski definition) is 1. The molecule has 6 nitrogen and oxygen atoms in total. The van der Waals surface area contributed by atoms with Gasteiger partial charge in [0.15, 0.2) is 0 Å². The molecule has 1 aliphatic heterocycles. The van der Waals surface area contributed by atoms with E-state index in [1.54, 1.807) is 6.33 Å². The number of carbonyl (C=O) groups is 1. The first-order valence-electron chi connectivity index (χ1n) is 8.29. The molecule has 0 saturated carbocycles. The first-order chi connectivity index (χ1) is 11.6. The van der Waals surface area contributed by atoms with Gasteiger partial charge in [0, 0.05) is 36.3 Å². The lowest BCUT2D eigenvalue weighted by molar-refractivity contribution is 0.190. The summed E-state index contributed by atoms with van der Waals surface area (Å²) in [5.74, 6) is 1.20. The largest absolute Gasteiger partial charge is 0.324 e. The fourth-order valence-electron chi connectivity index (χ4n) is 3.13. The SMILES string of the molecule is CCn1cnnc1[C@H]1CCCN(C(=O)Nc2cccc(Cl)c2C)C1. The van der Waals surface area contributed by atoms with Crippen molar-refractivity contribution >= 4 is 23.3 Å². The van der Waals surface area contributed by atoms with Crippen molar-refractivity contribution in [1.29, 1.82) is 0 Å². The van der Waals surface area contributed by atoms with E-state index in [2.05, 4.69) is 22.4 Å². The minimum atomic E-state index is -0.0902. The molecule has 1 saturated heterocycles. The third kappa shape index (κ3) is 3.38. The lowest BCUT2D eigenvalue weighted by atomic mass is 9.97. The van der Waals surface area contributed by atoms with Gasteiger partial charge >= 0.3 is 6.03 Å². The molecule has 0 radical (unpaired) electrons. The van der Waals surface area contributed by atoms with Crippen LogP contribution in [0, 0.1) is 6.92 Å². The van der Waals surface area contributed by atoms with Crippen molar-refractivity contribution in [2.24, 2.45) is 0 Å². The van der Waals surface area contributed by atoms with Gasteiger partial charge in [0.25, 0.3) is 0 Å². The number of nitrogens with one attached hydrogen (secondary N) is 1. The number of benzene rings is 1. The summed E-state index contributed by atoms with van der Waals surface area (Å²) in [7, 11) is 0. The zero-order valence-electron chi connectivity index (χ0n) is 14.0. The van der Waals surface area contributed by atoms with Crippen LogP contribution >= 0.6 is 11.6 Å². The number of aromatic nitrogens is 3. The second-order valence-electron chi connectivity index (χ2n) is 6.10. The average Bonchev–Trinajstić information content (AvgIpc) is 3.08. The molecule has 0 bridgehead atoms. The molecule has 1 aliphatic rings. The fourth-order valence-corrected chi connectivity index (χ4v) is 3.31. The van der Waals surface area contributed by atoms with E-state index in [9.17, 15) is 4.79 Å². The Morgan fingerprint density at radius 1 is 1.46 bits per heavy atom. The van der Waals surface area contributed by atoms with Crippen LogP contribution in [0.2, 0.25) is 5.02 Å². The Bertz CT molecular complexity index is 730. The summed E-state index contributed by atoms with van der Waals surface area (Å²) in [6, 6.07) is 5.44. The van der Waals surface area contributed by atoms with E-state index in [0.29, 0.717) is 11.6 Å². The Morgan fingerprint density at radius 2 is 2.29 bits per heavy atom. The van der Waals surface area contributed by atoms with Crippen LogP contribution in [0.5, 0.6) is 0 Å². The van der Waals surface area contributed by atoms with Crippen LogP contribution in [0.1, 0.15) is 37.1 Å². The Hall–Kier alpha value is -2.08. The highest BCUT2D eigenvalue weighted by molar-refractivity contribution is 6.31. The number of nitrogens with zero attached hydrogens (tertiary/aromatic N) is 4. The van der Waals surface area contributed by atoms with Gasteiger partial charge in [-0.3, -0.25) is 0 Å². The van der Waals surface area contributed by atoms with Gasteiger partial charge in [-0.2, -0.15) is 0 Å². The lowest BCUT2D eigenvalue weighted by Crippen LogP contribution is -2.42. The smallest absolute Gasteiger partial charge is 0.321 e. The number of anilines is 1. The summed E-state index contributed by atoms with van der Waals surface area (Å²) in [6.45, 7) is 6.22. The van der Waals surface area contributed by atoms with Crippen LogP contribution in [-0.4, -0.2) is 38.8 Å². The number of urea groups is 1. The number of rotatable bonds is 3. The van der Waals surface area contributed by atoms with E-state index >= 15 is 0 Å². The first-order valence-corrected chi connectivity index (χ1v) is 8.66. The highest BCUT2D eigenvalue weighted by atomic mass is 35.5. The number of aryl methyl sites for hydroxylation is 1. The first kappa shape index (κ1) is 16.8.